The summed E-state index contributed by atoms with van der Waals surface area (Å²) in [6, 6.07) is 5.20. The fourth-order valence-corrected chi connectivity index (χ4v) is 4.39. The van der Waals surface area contributed by atoms with Crippen LogP contribution in [0.1, 0.15) is 86.1 Å². The summed E-state index contributed by atoms with van der Waals surface area (Å²) >= 11 is 0. The minimum atomic E-state index is -0.936. The lowest BCUT2D eigenvalue weighted by atomic mass is 9.82. The molecule has 0 spiro atoms. The Bertz CT molecular complexity index is 885. The van der Waals surface area contributed by atoms with Crippen molar-refractivity contribution >= 4 is 12.0 Å². The standard InChI is InChI=1S/C31H54N2O7/c1-9-10-14-32-29(36)22(4)17-26(35)25(33-30(37)40-31(5,6)7)20-24(21(2)3)18-23-12-13-27(38-8)28(19-23)39-16-11-15-34/h12-13,19,21-22,24-26,34-35H,9-11,14-18,20H2,1-8H3,(H,32,36)(H,33,37)/t22-,24+,25+,26+/m1/s1. The van der Waals surface area contributed by atoms with Gasteiger partial charge in [-0.3, -0.25) is 4.79 Å². The van der Waals surface area contributed by atoms with Crippen molar-refractivity contribution < 1.29 is 34.0 Å². The van der Waals surface area contributed by atoms with E-state index in [0.717, 1.165) is 18.4 Å². The number of aliphatic hydroxyl groups is 2. The summed E-state index contributed by atoms with van der Waals surface area (Å²) in [6.07, 6.45) is 2.28. The largest absolute Gasteiger partial charge is 0.493 e. The van der Waals surface area contributed by atoms with E-state index >= 15 is 0 Å². The molecule has 1 aromatic rings. The highest BCUT2D eigenvalue weighted by atomic mass is 16.6. The van der Waals surface area contributed by atoms with Crippen LogP contribution in [0.25, 0.3) is 0 Å². The Balaban J connectivity index is 3.11. The fourth-order valence-electron chi connectivity index (χ4n) is 4.39. The molecule has 0 unspecified atom stereocenters. The molecule has 0 radical (unpaired) electrons. The van der Waals surface area contributed by atoms with E-state index in [-0.39, 0.29) is 30.8 Å². The Morgan fingerprint density at radius 2 is 1.75 bits per heavy atom. The summed E-state index contributed by atoms with van der Waals surface area (Å²) in [4.78, 5) is 25.3. The molecular weight excluding hydrogens is 512 g/mol. The minimum Gasteiger partial charge on any atom is -0.493 e. The zero-order valence-electron chi connectivity index (χ0n) is 25.9. The van der Waals surface area contributed by atoms with Crippen LogP contribution in [0.5, 0.6) is 11.5 Å². The first-order valence-electron chi connectivity index (χ1n) is 14.7. The van der Waals surface area contributed by atoms with Gasteiger partial charge in [-0.2, -0.15) is 0 Å². The number of unbranched alkanes of at least 4 members (excludes halogenated alkanes) is 1. The van der Waals surface area contributed by atoms with Gasteiger partial charge < -0.3 is 35.1 Å². The van der Waals surface area contributed by atoms with Gasteiger partial charge in [0.2, 0.25) is 5.91 Å². The van der Waals surface area contributed by atoms with Gasteiger partial charge in [-0.05, 0) is 76.0 Å². The lowest BCUT2D eigenvalue weighted by Gasteiger charge is -2.32. The summed E-state index contributed by atoms with van der Waals surface area (Å²) in [5, 5.41) is 26.2. The van der Waals surface area contributed by atoms with E-state index in [9.17, 15) is 14.7 Å². The summed E-state index contributed by atoms with van der Waals surface area (Å²) in [6.45, 7) is 14.5. The van der Waals surface area contributed by atoms with Crippen LogP contribution >= 0.6 is 0 Å². The molecule has 230 valence electrons. The molecule has 9 heteroatoms. The van der Waals surface area contributed by atoms with Crippen LogP contribution in [0.4, 0.5) is 4.79 Å². The molecular formula is C31H54N2O7. The first-order valence-corrected chi connectivity index (χ1v) is 14.7. The molecule has 0 saturated heterocycles. The number of aliphatic hydroxyl groups excluding tert-OH is 2. The lowest BCUT2D eigenvalue weighted by Crippen LogP contribution is -2.48. The van der Waals surface area contributed by atoms with Crippen LogP contribution in [0.3, 0.4) is 0 Å². The van der Waals surface area contributed by atoms with Gasteiger partial charge in [-0.1, -0.05) is 40.2 Å². The van der Waals surface area contributed by atoms with Gasteiger partial charge in [0.1, 0.15) is 5.60 Å². The van der Waals surface area contributed by atoms with Gasteiger partial charge in [-0.15, -0.1) is 0 Å². The average molecular weight is 567 g/mol. The van der Waals surface area contributed by atoms with E-state index in [2.05, 4.69) is 31.4 Å². The predicted octanol–water partition coefficient (Wildman–Crippen LogP) is 4.86. The summed E-state index contributed by atoms with van der Waals surface area (Å²) in [5.41, 5.74) is 0.353. The van der Waals surface area contributed by atoms with Crippen molar-refractivity contribution in [3.63, 3.8) is 0 Å². The number of nitrogens with one attached hydrogen (secondary N) is 2. The number of hydrogen-bond acceptors (Lipinski definition) is 7. The average Bonchev–Trinajstić information content (AvgIpc) is 2.86. The highest BCUT2D eigenvalue weighted by molar-refractivity contribution is 5.78. The minimum absolute atomic E-state index is 0.0464. The zero-order chi connectivity index (χ0) is 30.3. The third-order valence-electron chi connectivity index (χ3n) is 6.82. The Hall–Kier alpha value is -2.52. The molecule has 1 aromatic carbocycles. The fraction of sp³-hybridized carbons (Fsp3) is 0.742. The molecule has 2 amide bonds. The molecule has 0 aliphatic heterocycles. The number of rotatable bonds is 18. The van der Waals surface area contributed by atoms with Gasteiger partial charge >= 0.3 is 6.09 Å². The number of carbonyl (C=O) groups is 2. The van der Waals surface area contributed by atoms with E-state index in [1.54, 1.807) is 34.8 Å². The second kappa shape index (κ2) is 18.0. The van der Waals surface area contributed by atoms with E-state index in [4.69, 9.17) is 19.3 Å². The summed E-state index contributed by atoms with van der Waals surface area (Å²) < 4.78 is 16.8. The molecule has 0 heterocycles. The Morgan fingerprint density at radius 3 is 2.33 bits per heavy atom. The number of ether oxygens (including phenoxy) is 3. The maximum absolute atomic E-state index is 12.7. The van der Waals surface area contributed by atoms with Crippen LogP contribution < -0.4 is 20.1 Å². The molecule has 9 nitrogen and oxygen atoms in total. The van der Waals surface area contributed by atoms with Crippen LogP contribution in [0.15, 0.2) is 18.2 Å². The van der Waals surface area contributed by atoms with Crippen LogP contribution in [-0.2, 0) is 16.0 Å². The van der Waals surface area contributed by atoms with E-state index in [1.807, 2.05) is 18.2 Å². The molecule has 4 atom stereocenters. The third-order valence-corrected chi connectivity index (χ3v) is 6.82. The molecule has 0 fully saturated rings. The van der Waals surface area contributed by atoms with E-state index < -0.39 is 29.8 Å². The van der Waals surface area contributed by atoms with Gasteiger partial charge in [-0.25, -0.2) is 4.79 Å². The molecule has 40 heavy (non-hydrogen) atoms. The topological polar surface area (TPSA) is 126 Å². The second-order valence-electron chi connectivity index (χ2n) is 12.0. The van der Waals surface area contributed by atoms with Crippen molar-refractivity contribution in [2.75, 3.05) is 26.9 Å². The van der Waals surface area contributed by atoms with Crippen molar-refractivity contribution in [2.45, 2.75) is 105 Å². The molecule has 0 aliphatic rings. The summed E-state index contributed by atoms with van der Waals surface area (Å²) in [5.74, 6) is 1.06. The maximum atomic E-state index is 12.7. The molecule has 0 aromatic heterocycles. The highest BCUT2D eigenvalue weighted by Gasteiger charge is 2.31. The highest BCUT2D eigenvalue weighted by Crippen LogP contribution is 2.32. The zero-order valence-corrected chi connectivity index (χ0v) is 25.9. The van der Waals surface area contributed by atoms with Gasteiger partial charge in [0.15, 0.2) is 11.5 Å². The van der Waals surface area contributed by atoms with Gasteiger partial charge in [0, 0.05) is 25.5 Å². The maximum Gasteiger partial charge on any atom is 0.407 e. The monoisotopic (exact) mass is 566 g/mol. The molecule has 0 bridgehead atoms. The van der Waals surface area contributed by atoms with Gasteiger partial charge in [0.05, 0.1) is 25.9 Å². The van der Waals surface area contributed by atoms with Crippen molar-refractivity contribution in [3.8, 4) is 11.5 Å². The normalized spacial score (nSPS) is 14.7. The number of hydrogen-bond donors (Lipinski definition) is 4. The number of methoxy groups -OCH3 is 1. The molecule has 1 rings (SSSR count). The number of benzene rings is 1. The van der Waals surface area contributed by atoms with Crippen LogP contribution in [-0.4, -0.2) is 66.8 Å². The predicted molar refractivity (Wildman–Crippen MR) is 158 cm³/mol. The molecule has 0 saturated carbocycles. The Labute approximate surface area is 241 Å². The van der Waals surface area contributed by atoms with E-state index in [0.29, 0.717) is 43.9 Å². The third kappa shape index (κ3) is 13.7. The SMILES string of the molecule is CCCCNC(=O)[C@H](C)C[C@H](O)[C@H](C[C@H](Cc1ccc(OC)c(OCCCO)c1)C(C)C)NC(=O)OC(C)(C)C. The second-order valence-corrected chi connectivity index (χ2v) is 12.0. The molecule has 0 aliphatic carbocycles. The number of carbonyl (C=O) groups excluding carboxylic acids is 2. The summed E-state index contributed by atoms with van der Waals surface area (Å²) in [7, 11) is 1.59. The van der Waals surface area contributed by atoms with Crippen molar-refractivity contribution in [1.82, 2.24) is 10.6 Å². The van der Waals surface area contributed by atoms with E-state index in [1.165, 1.54) is 0 Å². The Morgan fingerprint density at radius 1 is 1.05 bits per heavy atom. The number of alkyl carbamates (subject to hydrolysis) is 1. The quantitative estimate of drug-likeness (QED) is 0.187. The number of amides is 2. The Kier molecular flexibility index (Phi) is 16.0. The van der Waals surface area contributed by atoms with Crippen molar-refractivity contribution in [1.29, 1.82) is 0 Å². The lowest BCUT2D eigenvalue weighted by molar-refractivity contribution is -0.125. The van der Waals surface area contributed by atoms with Gasteiger partial charge in [0.25, 0.3) is 0 Å². The first-order chi connectivity index (χ1) is 18.8. The van der Waals surface area contributed by atoms with Crippen LogP contribution in [0.2, 0.25) is 0 Å². The van der Waals surface area contributed by atoms with Crippen LogP contribution in [0, 0.1) is 17.8 Å². The van der Waals surface area contributed by atoms with Crippen molar-refractivity contribution in [3.05, 3.63) is 23.8 Å². The smallest absolute Gasteiger partial charge is 0.407 e. The molecule has 4 N–H and O–H groups in total. The first kappa shape index (κ1) is 35.5. The van der Waals surface area contributed by atoms with Crippen molar-refractivity contribution in [2.24, 2.45) is 17.8 Å².